The van der Waals surface area contributed by atoms with E-state index in [9.17, 15) is 14.7 Å². The van der Waals surface area contributed by atoms with Crippen molar-refractivity contribution < 1.29 is 24.9 Å². The number of hydrogen-bond donors (Lipinski definition) is 3. The maximum atomic E-state index is 11.5. The number of aliphatic hydroxyl groups excluding tert-OH is 2. The van der Waals surface area contributed by atoms with Gasteiger partial charge < -0.3 is 20.2 Å². The van der Waals surface area contributed by atoms with Crippen molar-refractivity contribution in [3.63, 3.8) is 0 Å². The highest BCUT2D eigenvalue weighted by Crippen LogP contribution is 2.01. The predicted molar refractivity (Wildman–Crippen MR) is 56.6 cm³/mol. The SMILES string of the molecule is C=CCN(CC=C)C(=O)[C@H](O)[C@@H](O)C(=O)O. The molecule has 3 N–H and O–H groups in total. The van der Waals surface area contributed by atoms with Crippen LogP contribution >= 0.6 is 0 Å². The molecular weight excluding hydrogens is 214 g/mol. The molecule has 0 saturated carbocycles. The summed E-state index contributed by atoms with van der Waals surface area (Å²) in [6, 6.07) is 0. The quantitative estimate of drug-likeness (QED) is 0.486. The van der Waals surface area contributed by atoms with Gasteiger partial charge in [-0.25, -0.2) is 4.79 Å². The summed E-state index contributed by atoms with van der Waals surface area (Å²) in [6.07, 6.45) is -1.29. The highest BCUT2D eigenvalue weighted by atomic mass is 16.4. The highest BCUT2D eigenvalue weighted by Gasteiger charge is 2.32. The zero-order chi connectivity index (χ0) is 12.7. The Balaban J connectivity index is 4.64. The monoisotopic (exact) mass is 229 g/mol. The number of carboxylic acids is 1. The Bertz CT molecular complexity index is 279. The Kier molecular flexibility index (Phi) is 6.06. The Morgan fingerprint density at radius 1 is 1.12 bits per heavy atom. The van der Waals surface area contributed by atoms with Crippen LogP contribution in [0.3, 0.4) is 0 Å². The van der Waals surface area contributed by atoms with Gasteiger partial charge in [0.15, 0.2) is 12.2 Å². The Morgan fingerprint density at radius 2 is 1.56 bits per heavy atom. The second-order valence-corrected chi connectivity index (χ2v) is 3.05. The lowest BCUT2D eigenvalue weighted by Gasteiger charge is -2.23. The van der Waals surface area contributed by atoms with Gasteiger partial charge in [0.2, 0.25) is 0 Å². The van der Waals surface area contributed by atoms with Crippen LogP contribution in [0.1, 0.15) is 0 Å². The molecule has 2 atom stereocenters. The standard InChI is InChI=1S/C10H15NO5/c1-3-5-11(6-4-2)9(14)7(12)8(13)10(15)16/h3-4,7-8,12-13H,1-2,5-6H2,(H,15,16)/t7-,8-/m1/s1. The Hall–Kier alpha value is -1.66. The fourth-order valence-corrected chi connectivity index (χ4v) is 1.02. The molecule has 0 aromatic carbocycles. The smallest absolute Gasteiger partial charge is 0.335 e. The number of carbonyl (C=O) groups excluding carboxylic acids is 1. The molecule has 0 spiro atoms. The molecule has 0 saturated heterocycles. The number of hydrogen-bond acceptors (Lipinski definition) is 4. The average Bonchev–Trinajstić information content (AvgIpc) is 2.25. The molecule has 1 amide bonds. The van der Waals surface area contributed by atoms with Gasteiger partial charge >= 0.3 is 5.97 Å². The topological polar surface area (TPSA) is 98.1 Å². The third-order valence-corrected chi connectivity index (χ3v) is 1.82. The number of amides is 1. The number of carboxylic acid groups (broad SMARTS) is 1. The third kappa shape index (κ3) is 3.84. The summed E-state index contributed by atoms with van der Waals surface area (Å²) >= 11 is 0. The zero-order valence-electron chi connectivity index (χ0n) is 8.74. The summed E-state index contributed by atoms with van der Waals surface area (Å²) in [5, 5.41) is 26.7. The number of aliphatic hydroxyl groups is 2. The third-order valence-electron chi connectivity index (χ3n) is 1.82. The first-order valence-electron chi connectivity index (χ1n) is 4.55. The van der Waals surface area contributed by atoms with Gasteiger partial charge in [0, 0.05) is 13.1 Å². The first-order chi connectivity index (χ1) is 7.45. The molecular formula is C10H15NO5. The van der Waals surface area contributed by atoms with Crippen LogP contribution in [-0.2, 0) is 9.59 Å². The van der Waals surface area contributed by atoms with Gasteiger partial charge in [-0.2, -0.15) is 0 Å². The van der Waals surface area contributed by atoms with Crippen molar-refractivity contribution in [3.05, 3.63) is 25.3 Å². The molecule has 0 radical (unpaired) electrons. The molecule has 16 heavy (non-hydrogen) atoms. The summed E-state index contributed by atoms with van der Waals surface area (Å²) in [5.74, 6) is -2.53. The molecule has 0 aliphatic rings. The highest BCUT2D eigenvalue weighted by molar-refractivity contribution is 5.87. The maximum absolute atomic E-state index is 11.5. The van der Waals surface area contributed by atoms with Crippen LogP contribution in [0.4, 0.5) is 0 Å². The summed E-state index contributed by atoms with van der Waals surface area (Å²) in [6.45, 7) is 7.10. The van der Waals surface area contributed by atoms with Gasteiger partial charge in [-0.15, -0.1) is 13.2 Å². The molecule has 0 aromatic rings. The average molecular weight is 229 g/mol. The summed E-state index contributed by atoms with van der Waals surface area (Å²) in [5.41, 5.74) is 0. The molecule has 6 nitrogen and oxygen atoms in total. The van der Waals surface area contributed by atoms with E-state index in [1.54, 1.807) is 0 Å². The van der Waals surface area contributed by atoms with Crippen LogP contribution in [-0.4, -0.2) is 57.4 Å². The summed E-state index contributed by atoms with van der Waals surface area (Å²) in [4.78, 5) is 23.0. The normalized spacial score (nSPS) is 13.6. The van der Waals surface area contributed by atoms with E-state index >= 15 is 0 Å². The lowest BCUT2D eigenvalue weighted by molar-refractivity contribution is -0.161. The number of rotatable bonds is 7. The van der Waals surface area contributed by atoms with Gasteiger partial charge in [0.25, 0.3) is 5.91 Å². The molecule has 0 aliphatic heterocycles. The molecule has 90 valence electrons. The largest absolute Gasteiger partial charge is 0.479 e. The predicted octanol–water partition coefficient (Wildman–Crippen LogP) is -1.01. The van der Waals surface area contributed by atoms with Gasteiger partial charge in [-0.1, -0.05) is 12.2 Å². The molecule has 0 aromatic heterocycles. The Labute approximate surface area is 93.1 Å². The maximum Gasteiger partial charge on any atom is 0.335 e. The molecule has 0 bridgehead atoms. The minimum atomic E-state index is -2.13. The van der Waals surface area contributed by atoms with E-state index in [1.807, 2.05) is 0 Å². The molecule has 0 rings (SSSR count). The van der Waals surface area contributed by atoms with Crippen molar-refractivity contribution >= 4 is 11.9 Å². The van der Waals surface area contributed by atoms with E-state index in [-0.39, 0.29) is 13.1 Å². The van der Waals surface area contributed by atoms with Gasteiger partial charge in [0.1, 0.15) is 0 Å². The lowest BCUT2D eigenvalue weighted by atomic mass is 10.2. The van der Waals surface area contributed by atoms with Gasteiger partial charge in [-0.05, 0) is 0 Å². The fourth-order valence-electron chi connectivity index (χ4n) is 1.02. The van der Waals surface area contributed by atoms with Crippen molar-refractivity contribution in [2.75, 3.05) is 13.1 Å². The van der Waals surface area contributed by atoms with Gasteiger partial charge in [0.05, 0.1) is 0 Å². The molecule has 0 fully saturated rings. The van der Waals surface area contributed by atoms with Crippen molar-refractivity contribution in [3.8, 4) is 0 Å². The van der Waals surface area contributed by atoms with Crippen molar-refractivity contribution in [2.45, 2.75) is 12.2 Å². The van der Waals surface area contributed by atoms with Crippen LogP contribution in [0.5, 0.6) is 0 Å². The summed E-state index contributed by atoms with van der Waals surface area (Å²) in [7, 11) is 0. The van der Waals surface area contributed by atoms with Crippen LogP contribution in [0.2, 0.25) is 0 Å². The van der Waals surface area contributed by atoms with E-state index in [1.165, 1.54) is 12.2 Å². The second-order valence-electron chi connectivity index (χ2n) is 3.05. The minimum absolute atomic E-state index is 0.133. The van der Waals surface area contributed by atoms with Crippen LogP contribution in [0.25, 0.3) is 0 Å². The lowest BCUT2D eigenvalue weighted by Crippen LogP contribution is -2.47. The molecule has 0 unspecified atom stereocenters. The van der Waals surface area contributed by atoms with Gasteiger partial charge in [-0.3, -0.25) is 4.79 Å². The fraction of sp³-hybridized carbons (Fsp3) is 0.400. The van der Waals surface area contributed by atoms with E-state index in [0.717, 1.165) is 4.90 Å². The number of carbonyl (C=O) groups is 2. The molecule has 0 heterocycles. The number of nitrogens with zero attached hydrogens (tertiary/aromatic N) is 1. The van der Waals surface area contributed by atoms with E-state index in [0.29, 0.717) is 0 Å². The first kappa shape index (κ1) is 14.3. The first-order valence-corrected chi connectivity index (χ1v) is 4.55. The molecule has 6 heteroatoms. The van der Waals surface area contributed by atoms with Crippen LogP contribution in [0, 0.1) is 0 Å². The van der Waals surface area contributed by atoms with Crippen molar-refractivity contribution in [1.82, 2.24) is 4.90 Å². The van der Waals surface area contributed by atoms with E-state index in [4.69, 9.17) is 10.2 Å². The number of aliphatic carboxylic acids is 1. The van der Waals surface area contributed by atoms with Crippen molar-refractivity contribution in [1.29, 1.82) is 0 Å². The van der Waals surface area contributed by atoms with Crippen molar-refractivity contribution in [2.24, 2.45) is 0 Å². The van der Waals surface area contributed by atoms with E-state index in [2.05, 4.69) is 13.2 Å². The second kappa shape index (κ2) is 6.76. The van der Waals surface area contributed by atoms with Crippen LogP contribution in [0.15, 0.2) is 25.3 Å². The summed E-state index contributed by atoms with van der Waals surface area (Å²) < 4.78 is 0. The zero-order valence-corrected chi connectivity index (χ0v) is 8.74. The van der Waals surface area contributed by atoms with Crippen LogP contribution < -0.4 is 0 Å². The minimum Gasteiger partial charge on any atom is -0.479 e. The van der Waals surface area contributed by atoms with E-state index < -0.39 is 24.1 Å². The Morgan fingerprint density at radius 3 is 1.88 bits per heavy atom. The molecule has 0 aliphatic carbocycles.